The van der Waals surface area contributed by atoms with Crippen LogP contribution < -0.4 is 10.2 Å². The highest BCUT2D eigenvalue weighted by atomic mass is 16.4. The Kier molecular flexibility index (Phi) is 4.16. The molecule has 3 aromatic heterocycles. The first-order valence-electron chi connectivity index (χ1n) is 9.83. The average Bonchev–Trinajstić information content (AvgIpc) is 3.11. The van der Waals surface area contributed by atoms with Gasteiger partial charge in [-0.25, -0.2) is 9.31 Å². The Hall–Kier alpha value is -3.14. The van der Waals surface area contributed by atoms with E-state index in [9.17, 15) is 9.90 Å². The molecule has 3 N–H and O–H groups in total. The largest absolute Gasteiger partial charge is 0.480 e. The van der Waals surface area contributed by atoms with Gasteiger partial charge in [-0.05, 0) is 45.5 Å². The van der Waals surface area contributed by atoms with Gasteiger partial charge < -0.3 is 20.2 Å². The number of anilines is 3. The van der Waals surface area contributed by atoms with Gasteiger partial charge in [-0.15, -0.1) is 5.10 Å². The quantitative estimate of drug-likeness (QED) is 0.576. The van der Waals surface area contributed by atoms with Gasteiger partial charge in [0.25, 0.3) is 0 Å². The number of H-pyrrole nitrogens is 1. The van der Waals surface area contributed by atoms with Crippen LogP contribution in [0.3, 0.4) is 0 Å². The second-order valence-corrected chi connectivity index (χ2v) is 8.07. The third-order valence-corrected chi connectivity index (χ3v) is 5.79. The molecule has 152 valence electrons. The van der Waals surface area contributed by atoms with E-state index >= 15 is 0 Å². The highest BCUT2D eigenvalue weighted by molar-refractivity contribution is 5.79. The molecule has 1 saturated carbocycles. The Balaban J connectivity index is 1.50. The minimum absolute atomic E-state index is 0.129. The van der Waals surface area contributed by atoms with Crippen LogP contribution in [0.1, 0.15) is 30.9 Å². The van der Waals surface area contributed by atoms with E-state index in [-0.39, 0.29) is 6.04 Å². The van der Waals surface area contributed by atoms with Crippen molar-refractivity contribution in [3.05, 3.63) is 30.1 Å². The predicted molar refractivity (Wildman–Crippen MR) is 108 cm³/mol. The summed E-state index contributed by atoms with van der Waals surface area (Å²) in [7, 11) is 3.93. The van der Waals surface area contributed by atoms with Gasteiger partial charge in [0, 0.05) is 36.5 Å². The lowest BCUT2D eigenvalue weighted by atomic mass is 10.1. The Bertz CT molecular complexity index is 1050. The zero-order valence-electron chi connectivity index (χ0n) is 16.4. The Morgan fingerprint density at radius 2 is 2.21 bits per heavy atom. The summed E-state index contributed by atoms with van der Waals surface area (Å²) in [4.78, 5) is 20.4. The Labute approximate surface area is 167 Å². The molecular formula is C19H24N8O2. The maximum atomic E-state index is 11.9. The van der Waals surface area contributed by atoms with Gasteiger partial charge >= 0.3 is 5.97 Å². The predicted octanol–water partition coefficient (Wildman–Crippen LogP) is 1.67. The van der Waals surface area contributed by atoms with Crippen LogP contribution in [0.25, 0.3) is 5.52 Å². The summed E-state index contributed by atoms with van der Waals surface area (Å²) in [6, 6.07) is 5.29. The maximum Gasteiger partial charge on any atom is 0.326 e. The van der Waals surface area contributed by atoms with Gasteiger partial charge in [0.15, 0.2) is 11.6 Å². The fourth-order valence-electron chi connectivity index (χ4n) is 3.91. The summed E-state index contributed by atoms with van der Waals surface area (Å²) >= 11 is 0. The van der Waals surface area contributed by atoms with Crippen molar-refractivity contribution < 1.29 is 9.90 Å². The monoisotopic (exact) mass is 396 g/mol. The molecule has 0 spiro atoms. The summed E-state index contributed by atoms with van der Waals surface area (Å²) in [5, 5.41) is 25.0. The summed E-state index contributed by atoms with van der Waals surface area (Å²) in [6.45, 7) is 0.560. The van der Waals surface area contributed by atoms with E-state index in [1.807, 2.05) is 43.4 Å². The van der Waals surface area contributed by atoms with Gasteiger partial charge in [-0.2, -0.15) is 10.1 Å². The zero-order chi connectivity index (χ0) is 20.1. The lowest BCUT2D eigenvalue weighted by Gasteiger charge is -2.22. The Morgan fingerprint density at radius 3 is 2.93 bits per heavy atom. The van der Waals surface area contributed by atoms with Crippen molar-refractivity contribution in [3.8, 4) is 0 Å². The van der Waals surface area contributed by atoms with Crippen molar-refractivity contribution in [2.45, 2.75) is 37.3 Å². The van der Waals surface area contributed by atoms with E-state index in [1.54, 1.807) is 9.42 Å². The summed E-state index contributed by atoms with van der Waals surface area (Å²) in [6.07, 6.45) is 4.76. The molecule has 2 fully saturated rings. The van der Waals surface area contributed by atoms with Gasteiger partial charge in [-0.3, -0.25) is 5.10 Å². The smallest absolute Gasteiger partial charge is 0.326 e. The van der Waals surface area contributed by atoms with Crippen LogP contribution in [0.2, 0.25) is 0 Å². The molecule has 0 radical (unpaired) electrons. The number of aromatic nitrogens is 5. The lowest BCUT2D eigenvalue weighted by molar-refractivity contribution is -0.138. The molecule has 2 atom stereocenters. The van der Waals surface area contributed by atoms with Crippen molar-refractivity contribution in [2.75, 3.05) is 30.9 Å². The Morgan fingerprint density at radius 1 is 1.38 bits per heavy atom. The number of hydrogen-bond donors (Lipinski definition) is 3. The number of likely N-dealkylation sites (N-methyl/N-ethyl adjacent to an activating group) is 1. The molecule has 1 saturated heterocycles. The molecule has 5 rings (SSSR count). The fourth-order valence-corrected chi connectivity index (χ4v) is 3.91. The molecule has 1 aliphatic carbocycles. The number of nitrogens with zero attached hydrogens (tertiary/aromatic N) is 6. The van der Waals surface area contributed by atoms with E-state index in [4.69, 9.17) is 4.98 Å². The number of rotatable bonds is 6. The lowest BCUT2D eigenvalue weighted by Crippen LogP contribution is -2.38. The van der Waals surface area contributed by atoms with Crippen LogP contribution >= 0.6 is 0 Å². The molecule has 3 aromatic rings. The van der Waals surface area contributed by atoms with E-state index in [0.29, 0.717) is 36.5 Å². The number of aliphatic carboxylic acids is 1. The third-order valence-electron chi connectivity index (χ3n) is 5.79. The van der Waals surface area contributed by atoms with Crippen molar-refractivity contribution in [3.63, 3.8) is 0 Å². The van der Waals surface area contributed by atoms with Crippen LogP contribution in [0.15, 0.2) is 24.4 Å². The van der Waals surface area contributed by atoms with E-state index in [2.05, 4.69) is 20.6 Å². The molecular weight excluding hydrogens is 372 g/mol. The van der Waals surface area contributed by atoms with Crippen LogP contribution in [0.4, 0.5) is 17.6 Å². The van der Waals surface area contributed by atoms with Crippen LogP contribution in [0, 0.1) is 0 Å². The SMILES string of the molecule is CN(C)[C@H]1C[C@@H](C(=O)O)N(c2nc(Nc3cc(C4CC4)[nH]n3)c3cccn3n2)C1. The molecule has 10 heteroatoms. The summed E-state index contributed by atoms with van der Waals surface area (Å²) < 4.78 is 1.72. The van der Waals surface area contributed by atoms with E-state index < -0.39 is 12.0 Å². The summed E-state index contributed by atoms with van der Waals surface area (Å²) in [5.74, 6) is 1.41. The number of fused-ring (bicyclic) bond motifs is 1. The van der Waals surface area contributed by atoms with Crippen molar-refractivity contribution in [1.29, 1.82) is 0 Å². The molecule has 4 heterocycles. The number of aromatic amines is 1. The summed E-state index contributed by atoms with van der Waals surface area (Å²) in [5.41, 5.74) is 1.94. The van der Waals surface area contributed by atoms with Crippen LogP contribution in [-0.2, 0) is 4.79 Å². The normalized spacial score (nSPS) is 22.0. The molecule has 0 unspecified atom stereocenters. The number of hydrogen-bond acceptors (Lipinski definition) is 7. The highest BCUT2D eigenvalue weighted by Gasteiger charge is 2.39. The zero-order valence-corrected chi connectivity index (χ0v) is 16.4. The topological polar surface area (TPSA) is 115 Å². The third kappa shape index (κ3) is 3.29. The molecule has 0 amide bonds. The fraction of sp³-hybridized carbons (Fsp3) is 0.474. The van der Waals surface area contributed by atoms with Crippen molar-refractivity contribution in [2.24, 2.45) is 0 Å². The van der Waals surface area contributed by atoms with Gasteiger partial charge in [-0.1, -0.05) is 0 Å². The molecule has 29 heavy (non-hydrogen) atoms. The number of nitrogens with one attached hydrogen (secondary N) is 2. The standard InChI is InChI=1S/C19H24N8O2/c1-25(2)12-8-15(18(28)29)26(10-12)19-21-17(14-4-3-7-27(14)24-19)20-16-9-13(22-23-16)11-5-6-11/h3-4,7,9,11-12,15H,5-6,8,10H2,1-2H3,(H,28,29)(H2,20,21,22,23,24)/t12-,15-/m0/s1. The minimum Gasteiger partial charge on any atom is -0.480 e. The number of carboxylic acid groups (broad SMARTS) is 1. The van der Waals surface area contributed by atoms with Crippen molar-refractivity contribution in [1.82, 2.24) is 29.7 Å². The first kappa shape index (κ1) is 17.9. The van der Waals surface area contributed by atoms with Crippen molar-refractivity contribution >= 4 is 29.1 Å². The van der Waals surface area contributed by atoms with E-state index in [1.165, 1.54) is 12.8 Å². The van der Waals surface area contributed by atoms with Gasteiger partial charge in [0.1, 0.15) is 11.6 Å². The first-order chi connectivity index (χ1) is 14.0. The molecule has 2 aliphatic rings. The van der Waals surface area contributed by atoms with Gasteiger partial charge in [0.2, 0.25) is 5.95 Å². The molecule has 0 aromatic carbocycles. The first-order valence-corrected chi connectivity index (χ1v) is 9.83. The highest BCUT2D eigenvalue weighted by Crippen LogP contribution is 2.39. The van der Waals surface area contributed by atoms with Gasteiger partial charge in [0.05, 0.1) is 0 Å². The van der Waals surface area contributed by atoms with Crippen LogP contribution in [-0.4, -0.2) is 73.5 Å². The number of carboxylic acids is 1. The second-order valence-electron chi connectivity index (χ2n) is 8.07. The van der Waals surface area contributed by atoms with E-state index in [0.717, 1.165) is 11.2 Å². The second kappa shape index (κ2) is 6.73. The van der Waals surface area contributed by atoms with Crippen LogP contribution in [0.5, 0.6) is 0 Å². The average molecular weight is 396 g/mol. The maximum absolute atomic E-state index is 11.9. The minimum atomic E-state index is -0.860. The molecule has 10 nitrogen and oxygen atoms in total. The number of carbonyl (C=O) groups is 1. The molecule has 1 aliphatic heterocycles. The molecule has 0 bridgehead atoms.